The van der Waals surface area contributed by atoms with Crippen molar-refractivity contribution in [1.29, 1.82) is 0 Å². The van der Waals surface area contributed by atoms with Gasteiger partial charge in [0.15, 0.2) is 0 Å². The number of hydrogen-bond donors (Lipinski definition) is 2. The van der Waals surface area contributed by atoms with Gasteiger partial charge in [0, 0.05) is 16.1 Å². The molecule has 0 aliphatic carbocycles. The number of phenols is 1. The van der Waals surface area contributed by atoms with Crippen molar-refractivity contribution < 1.29 is 9.90 Å². The molecule has 0 amide bonds. The number of aromatic hydroxyl groups is 1. The first-order valence-electron chi connectivity index (χ1n) is 6.43. The number of anilines is 1. The van der Waals surface area contributed by atoms with Gasteiger partial charge in [0.1, 0.15) is 5.75 Å². The summed E-state index contributed by atoms with van der Waals surface area (Å²) in [4.78, 5) is 14.0. The predicted molar refractivity (Wildman–Crippen MR) is 85.7 cm³/mol. The third kappa shape index (κ3) is 2.80. The Balaban J connectivity index is 1.93. The molecule has 0 saturated heterocycles. The van der Waals surface area contributed by atoms with Crippen LogP contribution in [0.15, 0.2) is 60.7 Å². The van der Waals surface area contributed by atoms with E-state index in [9.17, 15) is 9.90 Å². The Morgan fingerprint density at radius 2 is 1.81 bits per heavy atom. The van der Waals surface area contributed by atoms with Gasteiger partial charge in [-0.1, -0.05) is 24.3 Å². The first-order valence-corrected chi connectivity index (χ1v) is 7.24. The average Bonchev–Trinajstić information content (AvgIpc) is 2.96. The lowest BCUT2D eigenvalue weighted by Gasteiger charge is -2.00. The summed E-state index contributed by atoms with van der Waals surface area (Å²) in [6, 6.07) is 17.7. The van der Waals surface area contributed by atoms with Crippen LogP contribution in [0.3, 0.4) is 0 Å². The summed E-state index contributed by atoms with van der Waals surface area (Å²) in [5, 5.41) is 9.46. The number of ketones is 1. The number of carbonyl (C=O) groups is 1. The highest BCUT2D eigenvalue weighted by molar-refractivity contribution is 7.17. The minimum atomic E-state index is -0.0916. The zero-order chi connectivity index (χ0) is 14.8. The monoisotopic (exact) mass is 295 g/mol. The van der Waals surface area contributed by atoms with Gasteiger partial charge in [-0.05, 0) is 42.0 Å². The van der Waals surface area contributed by atoms with E-state index in [1.165, 1.54) is 17.4 Å². The molecule has 2 aromatic carbocycles. The van der Waals surface area contributed by atoms with Crippen molar-refractivity contribution in [2.75, 3.05) is 5.73 Å². The highest BCUT2D eigenvalue weighted by Crippen LogP contribution is 2.30. The second-order valence-electron chi connectivity index (χ2n) is 4.67. The molecule has 0 spiro atoms. The topological polar surface area (TPSA) is 63.3 Å². The van der Waals surface area contributed by atoms with Crippen molar-refractivity contribution in [3.05, 3.63) is 71.1 Å². The Labute approximate surface area is 126 Å². The zero-order valence-corrected chi connectivity index (χ0v) is 11.9. The molecular weight excluding hydrogens is 282 g/mol. The number of benzene rings is 2. The number of carbonyl (C=O) groups excluding carboxylic acids is 1. The number of thiophene rings is 1. The van der Waals surface area contributed by atoms with E-state index in [0.29, 0.717) is 16.1 Å². The van der Waals surface area contributed by atoms with E-state index in [4.69, 9.17) is 5.73 Å². The Kier molecular flexibility index (Phi) is 3.46. The fraction of sp³-hybridized carbons (Fsp3) is 0. The third-order valence-corrected chi connectivity index (χ3v) is 4.24. The molecule has 0 saturated carbocycles. The van der Waals surface area contributed by atoms with E-state index >= 15 is 0 Å². The molecule has 104 valence electrons. The Morgan fingerprint density at radius 1 is 1.00 bits per heavy atom. The highest BCUT2D eigenvalue weighted by Gasteiger charge is 2.13. The largest absolute Gasteiger partial charge is 0.508 e. The van der Waals surface area contributed by atoms with Crippen LogP contribution < -0.4 is 5.73 Å². The first-order chi connectivity index (χ1) is 10.1. The summed E-state index contributed by atoms with van der Waals surface area (Å²) in [6.07, 6.45) is 0. The van der Waals surface area contributed by atoms with Crippen LogP contribution in [0.2, 0.25) is 0 Å². The Bertz CT molecular complexity index is 808. The molecule has 1 heterocycles. The summed E-state index contributed by atoms with van der Waals surface area (Å²) < 4.78 is 0. The molecule has 3 N–H and O–H groups in total. The lowest BCUT2D eigenvalue weighted by atomic mass is 10.1. The van der Waals surface area contributed by atoms with Crippen molar-refractivity contribution in [2.24, 2.45) is 0 Å². The van der Waals surface area contributed by atoms with E-state index in [1.54, 1.807) is 24.3 Å². The second kappa shape index (κ2) is 5.42. The van der Waals surface area contributed by atoms with Gasteiger partial charge in [-0.15, -0.1) is 11.3 Å². The number of rotatable bonds is 3. The van der Waals surface area contributed by atoms with Crippen LogP contribution in [0.25, 0.3) is 10.4 Å². The van der Waals surface area contributed by atoms with Crippen LogP contribution in [-0.2, 0) is 0 Å². The van der Waals surface area contributed by atoms with Gasteiger partial charge in [0.2, 0.25) is 5.78 Å². The number of phenolic OH excluding ortho intramolecular Hbond substituents is 1. The van der Waals surface area contributed by atoms with Gasteiger partial charge >= 0.3 is 0 Å². The van der Waals surface area contributed by atoms with Gasteiger partial charge in [-0.25, -0.2) is 0 Å². The molecule has 3 aromatic rings. The van der Waals surface area contributed by atoms with E-state index in [1.807, 2.05) is 30.3 Å². The molecule has 3 nitrogen and oxygen atoms in total. The van der Waals surface area contributed by atoms with E-state index in [2.05, 4.69) is 0 Å². The lowest BCUT2D eigenvalue weighted by molar-refractivity contribution is 0.104. The van der Waals surface area contributed by atoms with Gasteiger partial charge in [0.25, 0.3) is 0 Å². The molecule has 3 rings (SSSR count). The predicted octanol–water partition coefficient (Wildman–Crippen LogP) is 3.93. The molecule has 0 aliphatic heterocycles. The average molecular weight is 295 g/mol. The normalized spacial score (nSPS) is 10.5. The number of hydrogen-bond acceptors (Lipinski definition) is 4. The van der Waals surface area contributed by atoms with Gasteiger partial charge in [0.05, 0.1) is 4.88 Å². The molecule has 0 aliphatic rings. The summed E-state index contributed by atoms with van der Waals surface area (Å²) in [7, 11) is 0. The molecule has 21 heavy (non-hydrogen) atoms. The fourth-order valence-corrected chi connectivity index (χ4v) is 3.06. The minimum Gasteiger partial charge on any atom is -0.508 e. The van der Waals surface area contributed by atoms with Gasteiger partial charge < -0.3 is 10.8 Å². The highest BCUT2D eigenvalue weighted by atomic mass is 32.1. The molecule has 0 bridgehead atoms. The Hall–Kier alpha value is -2.59. The van der Waals surface area contributed by atoms with E-state index < -0.39 is 0 Å². The molecule has 0 unspecified atom stereocenters. The third-order valence-electron chi connectivity index (χ3n) is 3.11. The summed E-state index contributed by atoms with van der Waals surface area (Å²) in [5.74, 6) is -0.000449. The maximum absolute atomic E-state index is 12.4. The quantitative estimate of drug-likeness (QED) is 0.568. The first kappa shape index (κ1) is 13.4. The van der Waals surface area contributed by atoms with Crippen molar-refractivity contribution in [3.8, 4) is 16.2 Å². The second-order valence-corrected chi connectivity index (χ2v) is 5.75. The fourth-order valence-electron chi connectivity index (χ4n) is 2.10. The SMILES string of the molecule is Nc1cccc(-c2ccc(C(=O)c3cccc(O)c3)s2)c1. The maximum Gasteiger partial charge on any atom is 0.203 e. The van der Waals surface area contributed by atoms with Gasteiger partial charge in [-0.2, -0.15) is 0 Å². The Morgan fingerprint density at radius 3 is 2.57 bits per heavy atom. The summed E-state index contributed by atoms with van der Waals surface area (Å²) in [6.45, 7) is 0. The van der Waals surface area contributed by atoms with Crippen LogP contribution in [-0.4, -0.2) is 10.9 Å². The standard InChI is InChI=1S/C17H13NO2S/c18-13-5-1-3-11(9-13)15-7-8-16(21-15)17(20)12-4-2-6-14(19)10-12/h1-10,19H,18H2. The molecule has 0 atom stereocenters. The molecule has 4 heteroatoms. The van der Waals surface area contributed by atoms with Crippen LogP contribution in [0.5, 0.6) is 5.75 Å². The number of nitrogens with two attached hydrogens (primary N) is 1. The smallest absolute Gasteiger partial charge is 0.203 e. The van der Waals surface area contributed by atoms with Crippen molar-refractivity contribution in [3.63, 3.8) is 0 Å². The number of nitrogen functional groups attached to an aromatic ring is 1. The van der Waals surface area contributed by atoms with Crippen LogP contribution >= 0.6 is 11.3 Å². The van der Waals surface area contributed by atoms with Crippen LogP contribution in [0, 0.1) is 0 Å². The van der Waals surface area contributed by atoms with E-state index in [0.717, 1.165) is 10.4 Å². The summed E-state index contributed by atoms with van der Waals surface area (Å²) in [5.41, 5.74) is 7.95. The van der Waals surface area contributed by atoms with Crippen LogP contribution in [0.4, 0.5) is 5.69 Å². The minimum absolute atomic E-state index is 0.0912. The van der Waals surface area contributed by atoms with E-state index in [-0.39, 0.29) is 11.5 Å². The zero-order valence-electron chi connectivity index (χ0n) is 11.1. The van der Waals surface area contributed by atoms with Crippen molar-refractivity contribution in [2.45, 2.75) is 0 Å². The lowest BCUT2D eigenvalue weighted by Crippen LogP contribution is -1.97. The maximum atomic E-state index is 12.4. The molecular formula is C17H13NO2S. The van der Waals surface area contributed by atoms with Gasteiger partial charge in [-0.3, -0.25) is 4.79 Å². The molecule has 0 radical (unpaired) electrons. The van der Waals surface area contributed by atoms with Crippen molar-refractivity contribution >= 4 is 22.8 Å². The van der Waals surface area contributed by atoms with Crippen molar-refractivity contribution in [1.82, 2.24) is 0 Å². The molecule has 1 aromatic heterocycles. The summed E-state index contributed by atoms with van der Waals surface area (Å²) >= 11 is 1.42. The van der Waals surface area contributed by atoms with Crippen LogP contribution in [0.1, 0.15) is 15.2 Å². The molecule has 0 fully saturated rings.